The van der Waals surface area contributed by atoms with Crippen molar-refractivity contribution in [1.82, 2.24) is 5.32 Å². The van der Waals surface area contributed by atoms with E-state index in [-0.39, 0.29) is 6.10 Å². The highest BCUT2D eigenvalue weighted by molar-refractivity contribution is 4.73. The predicted molar refractivity (Wildman–Crippen MR) is 55.7 cm³/mol. The average Bonchev–Trinajstić information content (AvgIpc) is 2.08. The number of aliphatic hydroxyl groups is 1. The molecule has 0 aliphatic heterocycles. The van der Waals surface area contributed by atoms with Gasteiger partial charge in [0.15, 0.2) is 0 Å². The van der Waals surface area contributed by atoms with Gasteiger partial charge in [-0.25, -0.2) is 0 Å². The van der Waals surface area contributed by atoms with Crippen LogP contribution in [0.4, 0.5) is 0 Å². The van der Waals surface area contributed by atoms with E-state index in [2.05, 4.69) is 19.2 Å². The molecule has 0 atom stereocenters. The van der Waals surface area contributed by atoms with Crippen LogP contribution in [0, 0.1) is 11.8 Å². The van der Waals surface area contributed by atoms with Gasteiger partial charge in [-0.3, -0.25) is 0 Å². The fourth-order valence-corrected chi connectivity index (χ4v) is 1.93. The van der Waals surface area contributed by atoms with Gasteiger partial charge in [0.25, 0.3) is 0 Å². The molecule has 0 radical (unpaired) electrons. The summed E-state index contributed by atoms with van der Waals surface area (Å²) in [6.07, 6.45) is 4.40. The molecule has 78 valence electrons. The molecule has 0 aromatic heterocycles. The molecule has 1 fully saturated rings. The molecule has 0 unspecified atom stereocenters. The Labute approximate surface area is 81.7 Å². The van der Waals surface area contributed by atoms with Crippen LogP contribution in [0.1, 0.15) is 39.5 Å². The van der Waals surface area contributed by atoms with Gasteiger partial charge >= 0.3 is 0 Å². The van der Waals surface area contributed by atoms with Crippen molar-refractivity contribution >= 4 is 0 Å². The summed E-state index contributed by atoms with van der Waals surface area (Å²) in [6, 6.07) is 0. The predicted octanol–water partition coefficient (Wildman–Crippen LogP) is 1.78. The standard InChI is InChI=1S/C11H23NO/c1-9(2)7-12-8-10-3-5-11(13)6-4-10/h9-13H,3-8H2,1-2H3. The van der Waals surface area contributed by atoms with Gasteiger partial charge in [0.1, 0.15) is 0 Å². The Balaban J connectivity index is 2.02. The highest BCUT2D eigenvalue weighted by Gasteiger charge is 2.18. The lowest BCUT2D eigenvalue weighted by molar-refractivity contribution is 0.108. The average molecular weight is 185 g/mol. The topological polar surface area (TPSA) is 32.3 Å². The van der Waals surface area contributed by atoms with Gasteiger partial charge < -0.3 is 10.4 Å². The van der Waals surface area contributed by atoms with Crippen LogP contribution in [-0.2, 0) is 0 Å². The normalized spacial score (nSPS) is 29.5. The SMILES string of the molecule is CC(C)CNCC1CCC(O)CC1. The van der Waals surface area contributed by atoms with E-state index in [1.54, 1.807) is 0 Å². The lowest BCUT2D eigenvalue weighted by Gasteiger charge is -2.25. The minimum absolute atomic E-state index is 0.0126. The molecule has 1 aliphatic rings. The third kappa shape index (κ3) is 4.63. The summed E-state index contributed by atoms with van der Waals surface area (Å²) in [5.74, 6) is 1.55. The summed E-state index contributed by atoms with van der Waals surface area (Å²) in [7, 11) is 0. The molecule has 0 spiro atoms. The zero-order valence-corrected chi connectivity index (χ0v) is 8.92. The smallest absolute Gasteiger partial charge is 0.0540 e. The summed E-state index contributed by atoms with van der Waals surface area (Å²) in [5, 5.41) is 12.8. The van der Waals surface area contributed by atoms with Gasteiger partial charge in [0.2, 0.25) is 0 Å². The van der Waals surface area contributed by atoms with Crippen LogP contribution in [0.5, 0.6) is 0 Å². The zero-order chi connectivity index (χ0) is 9.68. The first kappa shape index (κ1) is 11.0. The molecule has 1 aliphatic carbocycles. The van der Waals surface area contributed by atoms with E-state index >= 15 is 0 Å². The molecule has 0 amide bonds. The molecular formula is C11H23NO. The van der Waals surface area contributed by atoms with Gasteiger partial charge in [-0.1, -0.05) is 13.8 Å². The largest absolute Gasteiger partial charge is 0.393 e. The molecule has 2 N–H and O–H groups in total. The molecule has 2 heteroatoms. The van der Waals surface area contributed by atoms with Crippen molar-refractivity contribution in [2.24, 2.45) is 11.8 Å². The maximum Gasteiger partial charge on any atom is 0.0540 e. The van der Waals surface area contributed by atoms with E-state index in [9.17, 15) is 5.11 Å². The van der Waals surface area contributed by atoms with Crippen molar-refractivity contribution in [3.63, 3.8) is 0 Å². The highest BCUT2D eigenvalue weighted by atomic mass is 16.3. The zero-order valence-electron chi connectivity index (χ0n) is 8.92. The van der Waals surface area contributed by atoms with Gasteiger partial charge in [-0.05, 0) is 50.6 Å². The molecule has 13 heavy (non-hydrogen) atoms. The minimum atomic E-state index is -0.0126. The maximum atomic E-state index is 9.32. The molecule has 0 bridgehead atoms. The second-order valence-electron chi connectivity index (χ2n) is 4.73. The molecular weight excluding hydrogens is 162 g/mol. The number of hydrogen-bond acceptors (Lipinski definition) is 2. The first-order valence-corrected chi connectivity index (χ1v) is 5.57. The number of rotatable bonds is 4. The van der Waals surface area contributed by atoms with E-state index in [0.29, 0.717) is 0 Å². The highest BCUT2D eigenvalue weighted by Crippen LogP contribution is 2.23. The third-order valence-corrected chi connectivity index (χ3v) is 2.80. The van der Waals surface area contributed by atoms with Crippen molar-refractivity contribution in [1.29, 1.82) is 0 Å². The van der Waals surface area contributed by atoms with Crippen LogP contribution in [0.15, 0.2) is 0 Å². The fourth-order valence-electron chi connectivity index (χ4n) is 1.93. The van der Waals surface area contributed by atoms with Crippen molar-refractivity contribution in [2.45, 2.75) is 45.6 Å². The van der Waals surface area contributed by atoms with Crippen LogP contribution in [0.3, 0.4) is 0 Å². The Morgan fingerprint density at radius 3 is 2.38 bits per heavy atom. The second-order valence-corrected chi connectivity index (χ2v) is 4.73. The molecule has 2 nitrogen and oxygen atoms in total. The lowest BCUT2D eigenvalue weighted by atomic mass is 9.87. The van der Waals surface area contributed by atoms with E-state index in [0.717, 1.165) is 37.8 Å². The van der Waals surface area contributed by atoms with Gasteiger partial charge in [-0.15, -0.1) is 0 Å². The van der Waals surface area contributed by atoms with Gasteiger partial charge in [0, 0.05) is 0 Å². The summed E-state index contributed by atoms with van der Waals surface area (Å²) in [4.78, 5) is 0. The quantitative estimate of drug-likeness (QED) is 0.700. The molecule has 0 aromatic rings. The molecule has 1 rings (SSSR count). The van der Waals surface area contributed by atoms with Gasteiger partial charge in [0.05, 0.1) is 6.10 Å². The Hall–Kier alpha value is -0.0800. The van der Waals surface area contributed by atoms with Crippen LogP contribution in [-0.4, -0.2) is 24.3 Å². The second kappa shape index (κ2) is 5.61. The third-order valence-electron chi connectivity index (χ3n) is 2.80. The fraction of sp³-hybridized carbons (Fsp3) is 1.00. The monoisotopic (exact) mass is 185 g/mol. The number of aliphatic hydroxyl groups excluding tert-OH is 1. The van der Waals surface area contributed by atoms with E-state index in [4.69, 9.17) is 0 Å². The minimum Gasteiger partial charge on any atom is -0.393 e. The summed E-state index contributed by atoms with van der Waals surface area (Å²) in [6.45, 7) is 6.74. The summed E-state index contributed by atoms with van der Waals surface area (Å²) >= 11 is 0. The number of nitrogens with one attached hydrogen (secondary N) is 1. The van der Waals surface area contributed by atoms with Crippen molar-refractivity contribution in [3.05, 3.63) is 0 Å². The first-order valence-electron chi connectivity index (χ1n) is 5.57. The maximum absolute atomic E-state index is 9.32. The molecule has 1 saturated carbocycles. The Bertz CT molecular complexity index is 128. The van der Waals surface area contributed by atoms with Crippen molar-refractivity contribution < 1.29 is 5.11 Å². The molecule has 0 saturated heterocycles. The van der Waals surface area contributed by atoms with Crippen LogP contribution in [0.25, 0.3) is 0 Å². The van der Waals surface area contributed by atoms with Crippen molar-refractivity contribution in [3.8, 4) is 0 Å². The molecule has 0 heterocycles. The van der Waals surface area contributed by atoms with Gasteiger partial charge in [-0.2, -0.15) is 0 Å². The Morgan fingerprint density at radius 2 is 1.85 bits per heavy atom. The summed E-state index contributed by atoms with van der Waals surface area (Å²) in [5.41, 5.74) is 0. The first-order chi connectivity index (χ1) is 6.18. The van der Waals surface area contributed by atoms with Crippen LogP contribution >= 0.6 is 0 Å². The van der Waals surface area contributed by atoms with Crippen LogP contribution < -0.4 is 5.32 Å². The van der Waals surface area contributed by atoms with Crippen LogP contribution in [0.2, 0.25) is 0 Å². The summed E-state index contributed by atoms with van der Waals surface area (Å²) < 4.78 is 0. The Kier molecular flexibility index (Phi) is 4.74. The lowest BCUT2D eigenvalue weighted by Crippen LogP contribution is -2.30. The van der Waals surface area contributed by atoms with E-state index in [1.807, 2.05) is 0 Å². The van der Waals surface area contributed by atoms with E-state index < -0.39 is 0 Å². The van der Waals surface area contributed by atoms with E-state index in [1.165, 1.54) is 12.8 Å². The Morgan fingerprint density at radius 1 is 1.23 bits per heavy atom. The molecule has 0 aromatic carbocycles. The van der Waals surface area contributed by atoms with Crippen molar-refractivity contribution in [2.75, 3.05) is 13.1 Å². The number of hydrogen-bond donors (Lipinski definition) is 2.